The van der Waals surface area contributed by atoms with E-state index in [4.69, 9.17) is 4.74 Å². The lowest BCUT2D eigenvalue weighted by atomic mass is 10.1. The summed E-state index contributed by atoms with van der Waals surface area (Å²) in [5.41, 5.74) is 4.16. The third-order valence-corrected chi connectivity index (χ3v) is 4.30. The molecule has 6 nitrogen and oxygen atoms in total. The van der Waals surface area contributed by atoms with Crippen LogP contribution >= 0.6 is 0 Å². The lowest BCUT2D eigenvalue weighted by Crippen LogP contribution is -2.37. The molecular weight excluding hydrogens is 352 g/mol. The van der Waals surface area contributed by atoms with Crippen molar-refractivity contribution in [2.45, 2.75) is 19.6 Å². The number of methoxy groups -OCH3 is 1. The summed E-state index contributed by atoms with van der Waals surface area (Å²) in [6.07, 6.45) is 0.807. The fraction of sp³-hybridized carbons (Fsp3) is 0.364. The predicted octanol–water partition coefficient (Wildman–Crippen LogP) is 2.44. The summed E-state index contributed by atoms with van der Waals surface area (Å²) in [7, 11) is 6.98. The highest BCUT2D eigenvalue weighted by Gasteiger charge is 2.08. The molecule has 0 aliphatic heterocycles. The van der Waals surface area contributed by atoms with Crippen molar-refractivity contribution in [2.75, 3.05) is 34.8 Å². The molecular formula is C22H30N4O2. The number of carbonyl (C=O) groups excluding carboxylic acids is 1. The van der Waals surface area contributed by atoms with Crippen molar-refractivity contribution < 1.29 is 9.53 Å². The minimum atomic E-state index is 0.0174. The van der Waals surface area contributed by atoms with Gasteiger partial charge in [-0.05, 0) is 35.2 Å². The van der Waals surface area contributed by atoms with Crippen molar-refractivity contribution in [1.82, 2.24) is 15.5 Å². The van der Waals surface area contributed by atoms with Crippen LogP contribution in [0.5, 0.6) is 0 Å². The highest BCUT2D eigenvalue weighted by atomic mass is 16.5. The van der Waals surface area contributed by atoms with E-state index in [1.807, 2.05) is 24.3 Å². The van der Waals surface area contributed by atoms with Crippen LogP contribution in [0, 0.1) is 0 Å². The molecule has 0 saturated heterocycles. The zero-order valence-corrected chi connectivity index (χ0v) is 17.2. The first-order valence-electron chi connectivity index (χ1n) is 9.35. The molecule has 0 aliphatic rings. The van der Waals surface area contributed by atoms with E-state index in [9.17, 15) is 4.79 Å². The topological polar surface area (TPSA) is 66.0 Å². The molecule has 2 N–H and O–H groups in total. The monoisotopic (exact) mass is 382 g/mol. The molecule has 1 amide bonds. The van der Waals surface area contributed by atoms with E-state index >= 15 is 0 Å². The molecule has 2 rings (SSSR count). The first kappa shape index (κ1) is 21.4. The Morgan fingerprint density at radius 1 is 1.04 bits per heavy atom. The molecule has 0 heterocycles. The standard InChI is InChI=1S/C22H30N4O2/c1-23-22(25-15-18-8-10-19(11-9-18)16-28-4)24-13-12-17-6-5-7-20(14-17)21(27)26(2)3/h5-11,14H,12-13,15-16H2,1-4H3,(H2,23,24,25). The minimum Gasteiger partial charge on any atom is -0.380 e. The first-order valence-corrected chi connectivity index (χ1v) is 9.35. The van der Waals surface area contributed by atoms with Gasteiger partial charge in [0.25, 0.3) is 5.91 Å². The van der Waals surface area contributed by atoms with Gasteiger partial charge in [-0.3, -0.25) is 9.79 Å². The van der Waals surface area contributed by atoms with Crippen LogP contribution in [0.4, 0.5) is 0 Å². The summed E-state index contributed by atoms with van der Waals surface area (Å²) in [5.74, 6) is 0.769. The average molecular weight is 383 g/mol. The van der Waals surface area contributed by atoms with Crippen LogP contribution in [-0.2, 0) is 24.3 Å². The SMILES string of the molecule is CN=C(NCCc1cccc(C(=O)N(C)C)c1)NCc1ccc(COC)cc1. The highest BCUT2D eigenvalue weighted by molar-refractivity contribution is 5.94. The van der Waals surface area contributed by atoms with E-state index in [0.717, 1.165) is 30.1 Å². The van der Waals surface area contributed by atoms with Gasteiger partial charge in [0.15, 0.2) is 5.96 Å². The molecule has 0 radical (unpaired) electrons. The highest BCUT2D eigenvalue weighted by Crippen LogP contribution is 2.08. The van der Waals surface area contributed by atoms with E-state index in [2.05, 4.69) is 39.9 Å². The van der Waals surface area contributed by atoms with Gasteiger partial charge in [0, 0.05) is 46.9 Å². The average Bonchev–Trinajstić information content (AvgIpc) is 2.71. The maximum absolute atomic E-state index is 12.1. The maximum Gasteiger partial charge on any atom is 0.253 e. The molecule has 0 aromatic heterocycles. The van der Waals surface area contributed by atoms with Crippen molar-refractivity contribution in [3.63, 3.8) is 0 Å². The Balaban J connectivity index is 1.81. The van der Waals surface area contributed by atoms with Gasteiger partial charge in [-0.1, -0.05) is 36.4 Å². The van der Waals surface area contributed by atoms with Crippen molar-refractivity contribution >= 4 is 11.9 Å². The number of guanidine groups is 1. The van der Waals surface area contributed by atoms with Crippen LogP contribution in [0.3, 0.4) is 0 Å². The predicted molar refractivity (Wildman–Crippen MR) is 114 cm³/mol. The number of nitrogens with one attached hydrogen (secondary N) is 2. The molecule has 0 bridgehead atoms. The van der Waals surface area contributed by atoms with Crippen LogP contribution in [0.1, 0.15) is 27.0 Å². The maximum atomic E-state index is 12.1. The Kier molecular flexibility index (Phi) is 8.49. The van der Waals surface area contributed by atoms with Crippen LogP contribution in [0.15, 0.2) is 53.5 Å². The van der Waals surface area contributed by atoms with Gasteiger partial charge in [0.2, 0.25) is 0 Å². The number of hydrogen-bond donors (Lipinski definition) is 2. The van der Waals surface area contributed by atoms with Crippen molar-refractivity contribution in [3.05, 3.63) is 70.8 Å². The Morgan fingerprint density at radius 3 is 2.39 bits per heavy atom. The van der Waals surface area contributed by atoms with Gasteiger partial charge in [-0.25, -0.2) is 0 Å². The van der Waals surface area contributed by atoms with E-state index in [1.54, 1.807) is 33.2 Å². The second-order valence-electron chi connectivity index (χ2n) is 6.75. The van der Waals surface area contributed by atoms with Gasteiger partial charge in [-0.15, -0.1) is 0 Å². The van der Waals surface area contributed by atoms with Gasteiger partial charge in [0.05, 0.1) is 6.61 Å². The number of amides is 1. The molecule has 6 heteroatoms. The van der Waals surface area contributed by atoms with Crippen molar-refractivity contribution in [1.29, 1.82) is 0 Å². The summed E-state index contributed by atoms with van der Waals surface area (Å²) in [5, 5.41) is 6.63. The van der Waals surface area contributed by atoms with Gasteiger partial charge < -0.3 is 20.3 Å². The van der Waals surface area contributed by atoms with Crippen molar-refractivity contribution in [2.24, 2.45) is 4.99 Å². The zero-order chi connectivity index (χ0) is 20.4. The number of aliphatic imine (C=N–C) groups is 1. The zero-order valence-electron chi connectivity index (χ0n) is 17.2. The smallest absolute Gasteiger partial charge is 0.253 e. The minimum absolute atomic E-state index is 0.0174. The molecule has 2 aromatic rings. The quantitative estimate of drug-likeness (QED) is 0.544. The first-order chi connectivity index (χ1) is 13.5. The summed E-state index contributed by atoms with van der Waals surface area (Å²) in [6, 6.07) is 16.1. The van der Waals surface area contributed by atoms with E-state index < -0.39 is 0 Å². The van der Waals surface area contributed by atoms with E-state index in [-0.39, 0.29) is 5.91 Å². The number of hydrogen-bond acceptors (Lipinski definition) is 3. The molecule has 150 valence electrons. The van der Waals surface area contributed by atoms with Crippen LogP contribution in [0.25, 0.3) is 0 Å². The Hall–Kier alpha value is -2.86. The van der Waals surface area contributed by atoms with Gasteiger partial charge >= 0.3 is 0 Å². The summed E-state index contributed by atoms with van der Waals surface area (Å²) in [4.78, 5) is 17.9. The van der Waals surface area contributed by atoms with Gasteiger partial charge in [0.1, 0.15) is 0 Å². The fourth-order valence-electron chi connectivity index (χ4n) is 2.77. The lowest BCUT2D eigenvalue weighted by molar-refractivity contribution is 0.0827. The Labute approximate surface area is 167 Å². The fourth-order valence-corrected chi connectivity index (χ4v) is 2.77. The second kappa shape index (κ2) is 11.1. The van der Waals surface area contributed by atoms with Crippen LogP contribution < -0.4 is 10.6 Å². The molecule has 0 unspecified atom stereocenters. The van der Waals surface area contributed by atoms with E-state index in [1.165, 1.54) is 5.56 Å². The normalized spacial score (nSPS) is 11.2. The molecule has 0 fully saturated rings. The summed E-state index contributed by atoms with van der Waals surface area (Å²) < 4.78 is 5.13. The van der Waals surface area contributed by atoms with Crippen LogP contribution in [-0.4, -0.2) is 51.6 Å². The third kappa shape index (κ3) is 6.70. The number of nitrogens with zero attached hydrogens (tertiary/aromatic N) is 2. The molecule has 28 heavy (non-hydrogen) atoms. The lowest BCUT2D eigenvalue weighted by Gasteiger charge is -2.13. The van der Waals surface area contributed by atoms with Crippen molar-refractivity contribution in [3.8, 4) is 0 Å². The number of ether oxygens (including phenoxy) is 1. The summed E-state index contributed by atoms with van der Waals surface area (Å²) in [6.45, 7) is 2.05. The third-order valence-electron chi connectivity index (χ3n) is 4.30. The largest absolute Gasteiger partial charge is 0.380 e. The molecule has 0 aliphatic carbocycles. The summed E-state index contributed by atoms with van der Waals surface area (Å²) >= 11 is 0. The second-order valence-corrected chi connectivity index (χ2v) is 6.75. The molecule has 2 aromatic carbocycles. The molecule has 0 atom stereocenters. The molecule has 0 spiro atoms. The number of carbonyl (C=O) groups is 1. The number of benzene rings is 2. The number of rotatable bonds is 8. The van der Waals surface area contributed by atoms with Gasteiger partial charge in [-0.2, -0.15) is 0 Å². The molecule has 0 saturated carbocycles. The Morgan fingerprint density at radius 2 is 1.75 bits per heavy atom. The van der Waals surface area contributed by atoms with E-state index in [0.29, 0.717) is 18.7 Å². The Bertz CT molecular complexity index is 785. The van der Waals surface area contributed by atoms with Crippen LogP contribution in [0.2, 0.25) is 0 Å².